The summed E-state index contributed by atoms with van der Waals surface area (Å²) in [6.07, 6.45) is 10.00. The Hall–Kier alpha value is -4.95. The third kappa shape index (κ3) is 5.11. The number of Topliss-reactive ketones (excluding diaryl/α,β-unsaturated/α-hetero) is 3. The fourth-order valence-electron chi connectivity index (χ4n) is 17.0. The Morgan fingerprint density at radius 2 is 1.19 bits per heavy atom. The average Bonchev–Trinajstić information content (AvgIpc) is 3.99. The number of carbonyl (C=O) groups excluding carboxylic acids is 3. The monoisotopic (exact) mass is 911 g/mol. The summed E-state index contributed by atoms with van der Waals surface area (Å²) in [4.78, 5) is 45.0. The lowest BCUT2D eigenvalue weighted by Gasteiger charge is -2.62. The third-order valence-corrected chi connectivity index (χ3v) is 19.7. The van der Waals surface area contributed by atoms with E-state index in [0.29, 0.717) is 73.9 Å². The van der Waals surface area contributed by atoms with Gasteiger partial charge in [0.25, 0.3) is 0 Å². The van der Waals surface area contributed by atoms with Crippen LogP contribution in [0.25, 0.3) is 0 Å². The molecule has 352 valence electrons. The topological polar surface area (TPSA) is 159 Å². The maximum absolute atomic E-state index is 12.6. The van der Waals surface area contributed by atoms with E-state index < -0.39 is 17.1 Å². The van der Waals surface area contributed by atoms with Crippen LogP contribution in [0.3, 0.4) is 0 Å². The number of phenols is 2. The standard InChI is InChI=1S/C19H21NO4.C18H21NO3.C17H19NO3/c1-2-8-20-9-7-18-15-11-3-4-12(21)16(15)24-17(18)13(22)5-6-19(18,23)14(20)10-11;1-19-8-7-18-11-4-5-13(20)17(18)22-16-14(21-2)6-3-10(15(16)18)9-12(11)19;1-18-7-6-17-10-3-5-13(20)16(17)21-15-12(19)4-2-9(14(15)17)8-11(10)18/h2-4,14,17,21,23H,1,5-10H2;3,6,11-12,17H,4-5,7-9H2,1-2H3;2,4,10-11,16,19H,3,5-8H2,1H3/t14-,17+,18+,19-;11-,12+,17-,18-;10-,11+,16-,17-/m100/s1. The van der Waals surface area contributed by atoms with E-state index in [4.69, 9.17) is 18.9 Å². The second kappa shape index (κ2) is 14.3. The molecule has 6 aliphatic heterocycles. The zero-order valence-corrected chi connectivity index (χ0v) is 38.7. The van der Waals surface area contributed by atoms with Gasteiger partial charge in [0, 0.05) is 78.0 Å². The predicted molar refractivity (Wildman–Crippen MR) is 245 cm³/mol. The van der Waals surface area contributed by atoms with E-state index in [9.17, 15) is 29.7 Å². The van der Waals surface area contributed by atoms with E-state index in [1.807, 2.05) is 24.3 Å². The Bertz CT molecular complexity index is 2700. The van der Waals surface area contributed by atoms with Crippen molar-refractivity contribution in [3.05, 3.63) is 82.4 Å². The normalized spacial score (nSPS) is 39.2. The Morgan fingerprint density at radius 1 is 0.672 bits per heavy atom. The highest BCUT2D eigenvalue weighted by Crippen LogP contribution is 2.67. The molecular formula is C54H61N3O10. The molecule has 3 aromatic carbocycles. The van der Waals surface area contributed by atoms with E-state index in [2.05, 4.69) is 41.4 Å². The number of phenolic OH excluding ortho intramolecular Hbond substituents is 2. The number of likely N-dealkylation sites (tertiary alicyclic amines) is 3. The van der Waals surface area contributed by atoms with E-state index in [1.54, 1.807) is 19.2 Å². The minimum Gasteiger partial charge on any atom is -0.504 e. The molecule has 12 atom stereocenters. The lowest BCUT2D eigenvalue weighted by atomic mass is 9.49. The quantitative estimate of drug-likeness (QED) is 0.307. The molecule has 0 amide bonds. The minimum absolute atomic E-state index is 0.0408. The van der Waals surface area contributed by atoms with Gasteiger partial charge >= 0.3 is 0 Å². The van der Waals surface area contributed by atoms with E-state index in [0.717, 1.165) is 92.9 Å². The van der Waals surface area contributed by atoms with Gasteiger partial charge in [-0.25, -0.2) is 0 Å². The summed E-state index contributed by atoms with van der Waals surface area (Å²) in [6.45, 7) is 7.41. The van der Waals surface area contributed by atoms with Crippen molar-refractivity contribution in [2.24, 2.45) is 11.8 Å². The van der Waals surface area contributed by atoms with Gasteiger partial charge in [-0.05, 0) is 132 Å². The first-order valence-electron chi connectivity index (χ1n) is 24.8. The van der Waals surface area contributed by atoms with Gasteiger partial charge in [0.1, 0.15) is 0 Å². The Balaban J connectivity index is 0.000000100. The predicted octanol–water partition coefficient (Wildman–Crippen LogP) is 4.87. The molecule has 12 aliphatic rings. The molecule has 3 aromatic rings. The number of hydrogen-bond donors (Lipinski definition) is 3. The summed E-state index contributed by atoms with van der Waals surface area (Å²) in [5, 5.41) is 32.3. The van der Waals surface area contributed by atoms with Crippen LogP contribution in [0.5, 0.6) is 34.5 Å². The molecule has 67 heavy (non-hydrogen) atoms. The second-order valence-electron chi connectivity index (χ2n) is 21.9. The number of benzene rings is 3. The number of ketones is 3. The number of ether oxygens (including phenoxy) is 4. The van der Waals surface area contributed by atoms with Crippen LogP contribution in [-0.2, 0) is 49.9 Å². The summed E-state index contributed by atoms with van der Waals surface area (Å²) in [5.74, 6) is 4.48. The van der Waals surface area contributed by atoms with Crippen LogP contribution in [0, 0.1) is 11.8 Å². The summed E-state index contributed by atoms with van der Waals surface area (Å²) in [6, 6.07) is 12.5. The zero-order valence-electron chi connectivity index (χ0n) is 38.7. The van der Waals surface area contributed by atoms with E-state index >= 15 is 0 Å². The number of rotatable bonds is 3. The van der Waals surface area contributed by atoms with Crippen molar-refractivity contribution in [1.29, 1.82) is 0 Å². The maximum atomic E-state index is 12.6. The van der Waals surface area contributed by atoms with Crippen molar-refractivity contribution in [1.82, 2.24) is 14.7 Å². The molecule has 13 nitrogen and oxygen atoms in total. The first-order chi connectivity index (χ1) is 32.3. The first-order valence-corrected chi connectivity index (χ1v) is 24.8. The molecule has 13 heteroatoms. The zero-order chi connectivity index (χ0) is 46.1. The second-order valence-corrected chi connectivity index (χ2v) is 21.9. The molecule has 0 aromatic heterocycles. The van der Waals surface area contributed by atoms with Gasteiger partial charge < -0.3 is 44.1 Å². The summed E-state index contributed by atoms with van der Waals surface area (Å²) in [7, 11) is 6.11. The third-order valence-electron chi connectivity index (χ3n) is 19.7. The van der Waals surface area contributed by atoms with Crippen LogP contribution in [-0.4, -0.2) is 137 Å². The molecular weight excluding hydrogens is 851 g/mol. The molecule has 0 radical (unpaired) electrons. The summed E-state index contributed by atoms with van der Waals surface area (Å²) < 4.78 is 23.8. The Kier molecular flexibility index (Phi) is 9.01. The molecule has 3 saturated carbocycles. The molecule has 6 fully saturated rings. The largest absolute Gasteiger partial charge is 0.504 e. The highest BCUT2D eigenvalue weighted by molar-refractivity contribution is 5.91. The molecule has 6 aliphatic carbocycles. The number of piperidine rings is 3. The summed E-state index contributed by atoms with van der Waals surface area (Å²) in [5.41, 5.74) is 5.09. The Morgan fingerprint density at radius 3 is 1.79 bits per heavy atom. The van der Waals surface area contributed by atoms with Gasteiger partial charge in [-0.15, -0.1) is 6.58 Å². The lowest BCUT2D eigenvalue weighted by Crippen LogP contribution is -2.76. The van der Waals surface area contributed by atoms with Gasteiger partial charge in [0.2, 0.25) is 0 Å². The minimum atomic E-state index is -1.00. The molecule has 6 heterocycles. The fraction of sp³-hybridized carbons (Fsp3) is 0.574. The fourth-order valence-corrected chi connectivity index (χ4v) is 17.0. The van der Waals surface area contributed by atoms with Gasteiger partial charge in [0.15, 0.2) is 70.2 Å². The average molecular weight is 912 g/mol. The number of methoxy groups -OCH3 is 1. The smallest absolute Gasteiger partial charge is 0.174 e. The van der Waals surface area contributed by atoms with E-state index in [1.165, 1.54) is 16.7 Å². The van der Waals surface area contributed by atoms with Crippen molar-refractivity contribution < 1.29 is 48.7 Å². The number of carbonyl (C=O) groups is 3. The Labute approximate surface area is 391 Å². The highest BCUT2D eigenvalue weighted by Gasteiger charge is 2.73. The van der Waals surface area contributed by atoms with Crippen LogP contribution < -0.4 is 18.9 Å². The number of nitrogens with zero attached hydrogens (tertiary/aromatic N) is 3. The maximum Gasteiger partial charge on any atom is 0.174 e. The molecule has 6 bridgehead atoms. The van der Waals surface area contributed by atoms with Crippen molar-refractivity contribution in [3.63, 3.8) is 0 Å². The molecule has 15 rings (SSSR count). The molecule has 0 unspecified atom stereocenters. The first kappa shape index (κ1) is 42.2. The lowest BCUT2D eigenvalue weighted by molar-refractivity contribution is -0.187. The van der Waals surface area contributed by atoms with Crippen molar-refractivity contribution in [2.45, 2.75) is 135 Å². The molecule has 3 N–H and O–H groups in total. The molecule has 3 spiro atoms. The van der Waals surface area contributed by atoms with Gasteiger partial charge in [-0.3, -0.25) is 19.3 Å². The van der Waals surface area contributed by atoms with Crippen LogP contribution in [0.15, 0.2) is 49.1 Å². The van der Waals surface area contributed by atoms with E-state index in [-0.39, 0.29) is 57.9 Å². The van der Waals surface area contributed by atoms with Crippen LogP contribution in [0.2, 0.25) is 0 Å². The van der Waals surface area contributed by atoms with Crippen molar-refractivity contribution in [2.75, 3.05) is 47.4 Å². The number of likely N-dealkylation sites (N-methyl/N-ethyl adjacent to an activating group) is 2. The van der Waals surface area contributed by atoms with Crippen molar-refractivity contribution >= 4 is 17.3 Å². The number of aromatic hydroxyl groups is 2. The SMILES string of the molecule is C=CCN1CC[C@]23c4c5ccc(O)c4O[C@H]2C(=O)CC[C@@]3(O)[C@H]1C5.CN1CC[C@]23c4c5ccc(O)c4O[C@H]2C(=O)CC[C@H]3[C@H]1C5.COc1ccc2c3c1O[C@H]1C(=O)CC[C@H]4[C@@H](C2)N(C)CC[C@]314. The van der Waals surface area contributed by atoms with Crippen LogP contribution in [0.4, 0.5) is 0 Å². The van der Waals surface area contributed by atoms with Crippen LogP contribution in [0.1, 0.15) is 91.2 Å². The molecule has 3 saturated heterocycles. The number of aliphatic hydroxyl groups is 1. The van der Waals surface area contributed by atoms with Gasteiger partial charge in [-0.1, -0.05) is 24.3 Å². The van der Waals surface area contributed by atoms with Crippen molar-refractivity contribution in [3.8, 4) is 34.5 Å². The summed E-state index contributed by atoms with van der Waals surface area (Å²) >= 11 is 0. The van der Waals surface area contributed by atoms with Crippen LogP contribution >= 0.6 is 0 Å². The van der Waals surface area contributed by atoms with Gasteiger partial charge in [-0.2, -0.15) is 0 Å². The number of hydrogen-bond acceptors (Lipinski definition) is 13. The highest BCUT2D eigenvalue weighted by atomic mass is 16.5. The van der Waals surface area contributed by atoms with Gasteiger partial charge in [0.05, 0.1) is 18.1 Å².